The van der Waals surface area contributed by atoms with E-state index in [4.69, 9.17) is 4.74 Å². The summed E-state index contributed by atoms with van der Waals surface area (Å²) < 4.78 is 5.25. The quantitative estimate of drug-likeness (QED) is 0.835. The maximum atomic E-state index is 12.0. The van der Waals surface area contributed by atoms with Crippen molar-refractivity contribution in [1.82, 2.24) is 5.32 Å². The van der Waals surface area contributed by atoms with Gasteiger partial charge in [0.1, 0.15) is 6.04 Å². The van der Waals surface area contributed by atoms with Crippen LogP contribution in [0.4, 0.5) is 0 Å². The molecule has 114 valence electrons. The average molecular weight is 291 g/mol. The summed E-state index contributed by atoms with van der Waals surface area (Å²) in [4.78, 5) is 23.3. The van der Waals surface area contributed by atoms with Crippen LogP contribution in [0, 0.1) is 5.92 Å². The van der Waals surface area contributed by atoms with Crippen LogP contribution in [-0.4, -0.2) is 36.2 Å². The number of nitrogens with one attached hydrogen (secondary N) is 1. The summed E-state index contributed by atoms with van der Waals surface area (Å²) >= 11 is 0. The van der Waals surface area contributed by atoms with Crippen LogP contribution < -0.4 is 5.32 Å². The van der Waals surface area contributed by atoms with Crippen molar-refractivity contribution in [2.45, 2.75) is 31.7 Å². The molecule has 0 bridgehead atoms. The van der Waals surface area contributed by atoms with Gasteiger partial charge in [0.2, 0.25) is 5.91 Å². The van der Waals surface area contributed by atoms with Gasteiger partial charge in [0.05, 0.1) is 0 Å². The van der Waals surface area contributed by atoms with E-state index >= 15 is 0 Å². The highest BCUT2D eigenvalue weighted by Gasteiger charge is 2.23. The summed E-state index contributed by atoms with van der Waals surface area (Å²) in [6.07, 6.45) is 2.41. The van der Waals surface area contributed by atoms with Gasteiger partial charge < -0.3 is 15.2 Å². The van der Waals surface area contributed by atoms with E-state index in [1.54, 1.807) is 0 Å². The summed E-state index contributed by atoms with van der Waals surface area (Å²) in [6, 6.07) is 8.44. The number of hydrogen-bond donors (Lipinski definition) is 2. The zero-order valence-corrected chi connectivity index (χ0v) is 12.0. The minimum atomic E-state index is -1.00. The average Bonchev–Trinajstić information content (AvgIpc) is 2.48. The highest BCUT2D eigenvalue weighted by molar-refractivity contribution is 5.83. The van der Waals surface area contributed by atoms with Gasteiger partial charge in [0.25, 0.3) is 0 Å². The lowest BCUT2D eigenvalue weighted by Crippen LogP contribution is -2.43. The fraction of sp³-hybridized carbons (Fsp3) is 0.500. The molecule has 1 aromatic carbocycles. The van der Waals surface area contributed by atoms with Crippen LogP contribution in [-0.2, 0) is 20.7 Å². The number of benzene rings is 1. The lowest BCUT2D eigenvalue weighted by Gasteiger charge is -2.22. The van der Waals surface area contributed by atoms with E-state index in [1.807, 2.05) is 30.3 Å². The Morgan fingerprint density at radius 1 is 1.24 bits per heavy atom. The van der Waals surface area contributed by atoms with Crippen LogP contribution in [0.1, 0.15) is 24.8 Å². The van der Waals surface area contributed by atoms with Crippen LogP contribution in [0.2, 0.25) is 0 Å². The SMILES string of the molecule is O=C(CC1CCOCC1)N[C@H](Cc1ccccc1)C(=O)O. The summed E-state index contributed by atoms with van der Waals surface area (Å²) in [5, 5.41) is 11.9. The molecule has 1 saturated heterocycles. The van der Waals surface area contributed by atoms with E-state index < -0.39 is 12.0 Å². The van der Waals surface area contributed by atoms with Gasteiger partial charge in [0.15, 0.2) is 0 Å². The van der Waals surface area contributed by atoms with Gasteiger partial charge in [-0.3, -0.25) is 4.79 Å². The first kappa shape index (κ1) is 15.5. The highest BCUT2D eigenvalue weighted by Crippen LogP contribution is 2.18. The van der Waals surface area contributed by atoms with Crippen molar-refractivity contribution >= 4 is 11.9 Å². The zero-order valence-electron chi connectivity index (χ0n) is 12.0. The van der Waals surface area contributed by atoms with Crippen LogP contribution in [0.3, 0.4) is 0 Å². The third-order valence-corrected chi connectivity index (χ3v) is 3.73. The van der Waals surface area contributed by atoms with Gasteiger partial charge >= 0.3 is 5.97 Å². The maximum absolute atomic E-state index is 12.0. The fourth-order valence-corrected chi connectivity index (χ4v) is 2.52. The lowest BCUT2D eigenvalue weighted by atomic mass is 9.96. The number of rotatable bonds is 6. The molecule has 1 aliphatic rings. The molecule has 2 rings (SSSR count). The Bertz CT molecular complexity index is 468. The van der Waals surface area contributed by atoms with E-state index in [0.29, 0.717) is 32.0 Å². The van der Waals surface area contributed by atoms with Gasteiger partial charge in [0, 0.05) is 26.1 Å². The Hall–Kier alpha value is -1.88. The number of carbonyl (C=O) groups excluding carboxylic acids is 1. The first-order valence-corrected chi connectivity index (χ1v) is 7.29. The van der Waals surface area contributed by atoms with Crippen molar-refractivity contribution in [1.29, 1.82) is 0 Å². The Morgan fingerprint density at radius 3 is 2.52 bits per heavy atom. The molecule has 0 aromatic heterocycles. The molecule has 21 heavy (non-hydrogen) atoms. The number of carboxylic acid groups (broad SMARTS) is 1. The van der Waals surface area contributed by atoms with Gasteiger partial charge in [-0.25, -0.2) is 4.79 Å². The number of hydrogen-bond acceptors (Lipinski definition) is 3. The molecule has 1 amide bonds. The highest BCUT2D eigenvalue weighted by atomic mass is 16.5. The predicted octanol–water partition coefficient (Wildman–Crippen LogP) is 1.62. The molecule has 0 saturated carbocycles. The monoisotopic (exact) mass is 291 g/mol. The molecule has 0 aliphatic carbocycles. The molecule has 0 unspecified atom stereocenters. The minimum Gasteiger partial charge on any atom is -0.480 e. The summed E-state index contributed by atoms with van der Waals surface area (Å²) in [5.74, 6) is -0.894. The van der Waals surface area contributed by atoms with Crippen LogP contribution in [0.15, 0.2) is 30.3 Å². The van der Waals surface area contributed by atoms with Crippen LogP contribution >= 0.6 is 0 Å². The Morgan fingerprint density at radius 2 is 1.90 bits per heavy atom. The molecule has 5 heteroatoms. The molecule has 1 fully saturated rings. The minimum absolute atomic E-state index is 0.190. The van der Waals surface area contributed by atoms with Crippen molar-refractivity contribution in [2.24, 2.45) is 5.92 Å². The number of aliphatic carboxylic acids is 1. The lowest BCUT2D eigenvalue weighted by molar-refractivity contribution is -0.142. The molecular weight excluding hydrogens is 270 g/mol. The molecule has 5 nitrogen and oxygen atoms in total. The summed E-state index contributed by atoms with van der Waals surface area (Å²) in [7, 11) is 0. The van der Waals surface area contributed by atoms with Crippen molar-refractivity contribution in [3.05, 3.63) is 35.9 Å². The van der Waals surface area contributed by atoms with E-state index in [1.165, 1.54) is 0 Å². The summed E-state index contributed by atoms with van der Waals surface area (Å²) in [6.45, 7) is 1.37. The third kappa shape index (κ3) is 5.19. The van der Waals surface area contributed by atoms with Gasteiger partial charge in [-0.2, -0.15) is 0 Å². The van der Waals surface area contributed by atoms with Gasteiger partial charge in [-0.15, -0.1) is 0 Å². The number of carbonyl (C=O) groups is 2. The predicted molar refractivity (Wildman–Crippen MR) is 77.9 cm³/mol. The van der Waals surface area contributed by atoms with E-state index in [0.717, 1.165) is 18.4 Å². The summed E-state index contributed by atoms with van der Waals surface area (Å²) in [5.41, 5.74) is 0.899. The van der Waals surface area contributed by atoms with Crippen molar-refractivity contribution in [3.8, 4) is 0 Å². The normalized spacial score (nSPS) is 17.1. The Balaban J connectivity index is 1.86. The molecule has 2 N–H and O–H groups in total. The molecule has 0 spiro atoms. The van der Waals surface area contributed by atoms with Crippen molar-refractivity contribution in [2.75, 3.05) is 13.2 Å². The topological polar surface area (TPSA) is 75.6 Å². The molecule has 1 atom stereocenters. The molecular formula is C16H21NO4. The molecule has 1 heterocycles. The van der Waals surface area contributed by atoms with Crippen molar-refractivity contribution in [3.63, 3.8) is 0 Å². The maximum Gasteiger partial charge on any atom is 0.326 e. The van der Waals surface area contributed by atoms with Crippen LogP contribution in [0.25, 0.3) is 0 Å². The van der Waals surface area contributed by atoms with Crippen LogP contribution in [0.5, 0.6) is 0 Å². The van der Waals surface area contributed by atoms with Crippen molar-refractivity contribution < 1.29 is 19.4 Å². The standard InChI is InChI=1S/C16H21NO4/c18-15(11-13-6-8-21-9-7-13)17-14(16(19)20)10-12-4-2-1-3-5-12/h1-5,13-14H,6-11H2,(H,17,18)(H,19,20)/t14-/m1/s1. The fourth-order valence-electron chi connectivity index (χ4n) is 2.52. The Kier molecular flexibility index (Phi) is 5.75. The zero-order chi connectivity index (χ0) is 15.1. The van der Waals surface area contributed by atoms with E-state index in [9.17, 15) is 14.7 Å². The van der Waals surface area contributed by atoms with E-state index in [2.05, 4.69) is 5.32 Å². The third-order valence-electron chi connectivity index (χ3n) is 3.73. The number of ether oxygens (including phenoxy) is 1. The second kappa shape index (κ2) is 7.78. The van der Waals surface area contributed by atoms with E-state index in [-0.39, 0.29) is 5.91 Å². The Labute approximate surface area is 124 Å². The molecule has 0 radical (unpaired) electrons. The first-order chi connectivity index (χ1) is 10.1. The first-order valence-electron chi connectivity index (χ1n) is 7.29. The second-order valence-corrected chi connectivity index (χ2v) is 5.41. The molecule has 1 aliphatic heterocycles. The largest absolute Gasteiger partial charge is 0.480 e. The second-order valence-electron chi connectivity index (χ2n) is 5.41. The number of amides is 1. The van der Waals surface area contributed by atoms with Gasteiger partial charge in [-0.1, -0.05) is 30.3 Å². The smallest absolute Gasteiger partial charge is 0.326 e. The number of carboxylic acids is 1. The van der Waals surface area contributed by atoms with Gasteiger partial charge in [-0.05, 0) is 24.3 Å². The molecule has 1 aromatic rings.